The summed E-state index contributed by atoms with van der Waals surface area (Å²) >= 11 is 0. The lowest BCUT2D eigenvalue weighted by Gasteiger charge is -2.32. The van der Waals surface area contributed by atoms with Gasteiger partial charge in [-0.15, -0.1) is 0 Å². The topological polar surface area (TPSA) is 49.2 Å². The average molecular weight is 547 g/mol. The average Bonchev–Trinajstić information content (AvgIpc) is 3.45. The monoisotopic (exact) mass is 547 g/mol. The summed E-state index contributed by atoms with van der Waals surface area (Å²) in [5, 5.41) is 5.74. The highest BCUT2D eigenvalue weighted by Gasteiger charge is 2.51. The summed E-state index contributed by atoms with van der Waals surface area (Å²) in [5.74, 6) is 0.633. The third-order valence-corrected chi connectivity index (χ3v) is 9.04. The van der Waals surface area contributed by atoms with Crippen LogP contribution < -0.4 is 5.46 Å². The fourth-order valence-electron chi connectivity index (χ4n) is 6.13. The summed E-state index contributed by atoms with van der Waals surface area (Å²) in [5.41, 5.74) is 5.06. The third kappa shape index (κ3) is 3.72. The van der Waals surface area contributed by atoms with E-state index in [0.717, 1.165) is 44.0 Å². The van der Waals surface area contributed by atoms with Crippen LogP contribution in [-0.4, -0.2) is 32.9 Å². The number of benzene rings is 5. The molecule has 8 rings (SSSR count). The minimum Gasteiger partial charge on any atom is -0.399 e. The molecule has 0 saturated carbocycles. The van der Waals surface area contributed by atoms with Crippen LogP contribution in [0.25, 0.3) is 60.7 Å². The first-order chi connectivity index (χ1) is 20.3. The second kappa shape index (κ2) is 8.99. The van der Waals surface area contributed by atoms with E-state index in [1.54, 1.807) is 0 Å². The first-order valence-corrected chi connectivity index (χ1v) is 14.4. The Morgan fingerprint density at radius 2 is 1.31 bits per heavy atom. The van der Waals surface area contributed by atoms with Crippen LogP contribution in [0.2, 0.25) is 0 Å². The zero-order valence-electron chi connectivity index (χ0n) is 24.1. The molecule has 5 aromatic carbocycles. The molecule has 0 unspecified atom stereocenters. The number of hydrogen-bond acceptors (Lipinski definition) is 4. The molecule has 0 N–H and O–H groups in total. The molecule has 0 atom stereocenters. The predicted octanol–water partition coefficient (Wildman–Crippen LogP) is 7.85. The molecule has 1 aliphatic rings. The van der Waals surface area contributed by atoms with E-state index in [4.69, 9.17) is 19.3 Å². The standard InChI is InChI=1S/C36H30BN3O2/c1-35(2)36(3,4)42-37(41-35)25-19-20-28-31(22-25)40(30-21-18-23-12-8-9-15-26(23)32(28)30)34-38-29-17-11-10-16-27(29)33(39-34)24-13-6-5-7-14-24/h5-22H,1-4H3. The molecule has 0 aliphatic carbocycles. The molecule has 0 radical (unpaired) electrons. The van der Waals surface area contributed by atoms with Gasteiger partial charge in [-0.3, -0.25) is 4.57 Å². The Balaban J connectivity index is 1.45. The Hall–Kier alpha value is -4.52. The van der Waals surface area contributed by atoms with E-state index in [0.29, 0.717) is 5.95 Å². The van der Waals surface area contributed by atoms with Gasteiger partial charge in [-0.05, 0) is 62.1 Å². The van der Waals surface area contributed by atoms with E-state index in [1.165, 1.54) is 16.2 Å². The molecule has 6 heteroatoms. The number of para-hydroxylation sites is 1. The van der Waals surface area contributed by atoms with Crippen LogP contribution in [-0.2, 0) is 9.31 Å². The number of rotatable bonds is 3. The summed E-state index contributed by atoms with van der Waals surface area (Å²) in [4.78, 5) is 10.4. The molecule has 204 valence electrons. The molecule has 0 spiro atoms. The number of hydrogen-bond donors (Lipinski definition) is 0. The Bertz CT molecular complexity index is 2150. The molecule has 2 aromatic heterocycles. The van der Waals surface area contributed by atoms with Gasteiger partial charge in [0.15, 0.2) is 0 Å². The lowest BCUT2D eigenvalue weighted by Crippen LogP contribution is -2.41. The van der Waals surface area contributed by atoms with Crippen LogP contribution in [0.3, 0.4) is 0 Å². The lowest BCUT2D eigenvalue weighted by molar-refractivity contribution is 0.00578. The highest BCUT2D eigenvalue weighted by atomic mass is 16.7. The predicted molar refractivity (Wildman–Crippen MR) is 173 cm³/mol. The normalized spacial score (nSPS) is 16.2. The molecular formula is C36H30BN3O2. The molecule has 5 nitrogen and oxygen atoms in total. The maximum absolute atomic E-state index is 6.46. The minimum absolute atomic E-state index is 0.429. The fraction of sp³-hybridized carbons (Fsp3) is 0.167. The van der Waals surface area contributed by atoms with Crippen molar-refractivity contribution in [3.8, 4) is 17.2 Å². The van der Waals surface area contributed by atoms with E-state index in [-0.39, 0.29) is 0 Å². The molecule has 1 saturated heterocycles. The van der Waals surface area contributed by atoms with Crippen molar-refractivity contribution in [2.75, 3.05) is 0 Å². The lowest BCUT2D eigenvalue weighted by atomic mass is 9.78. The Kier molecular flexibility index (Phi) is 5.40. The Morgan fingerprint density at radius 1 is 0.619 bits per heavy atom. The second-order valence-electron chi connectivity index (χ2n) is 12.1. The van der Waals surface area contributed by atoms with Crippen LogP contribution in [0.4, 0.5) is 0 Å². The maximum atomic E-state index is 6.46. The van der Waals surface area contributed by atoms with Gasteiger partial charge in [0.2, 0.25) is 5.95 Å². The first kappa shape index (κ1) is 25.2. The van der Waals surface area contributed by atoms with Gasteiger partial charge in [-0.25, -0.2) is 9.97 Å². The Labute approximate surface area is 244 Å². The van der Waals surface area contributed by atoms with E-state index < -0.39 is 18.3 Å². The quantitative estimate of drug-likeness (QED) is 0.212. The van der Waals surface area contributed by atoms with Gasteiger partial charge < -0.3 is 9.31 Å². The van der Waals surface area contributed by atoms with E-state index in [2.05, 4.69) is 123 Å². The molecule has 1 fully saturated rings. The molecule has 0 amide bonds. The van der Waals surface area contributed by atoms with Crippen LogP contribution in [0, 0.1) is 0 Å². The molecule has 7 aromatic rings. The van der Waals surface area contributed by atoms with Crippen molar-refractivity contribution in [3.63, 3.8) is 0 Å². The summed E-state index contributed by atoms with van der Waals surface area (Å²) in [6, 6.07) is 38.0. The molecular weight excluding hydrogens is 517 g/mol. The van der Waals surface area contributed by atoms with Crippen molar-refractivity contribution < 1.29 is 9.31 Å². The molecule has 42 heavy (non-hydrogen) atoms. The van der Waals surface area contributed by atoms with Gasteiger partial charge in [-0.1, -0.05) is 91.0 Å². The van der Waals surface area contributed by atoms with Gasteiger partial charge in [0, 0.05) is 21.7 Å². The van der Waals surface area contributed by atoms with Crippen LogP contribution >= 0.6 is 0 Å². The van der Waals surface area contributed by atoms with Crippen molar-refractivity contribution >= 4 is 56.1 Å². The zero-order chi connectivity index (χ0) is 28.6. The van der Waals surface area contributed by atoms with E-state index in [1.807, 2.05) is 18.2 Å². The van der Waals surface area contributed by atoms with Crippen molar-refractivity contribution in [1.82, 2.24) is 14.5 Å². The highest BCUT2D eigenvalue weighted by Crippen LogP contribution is 2.39. The maximum Gasteiger partial charge on any atom is 0.494 e. The van der Waals surface area contributed by atoms with Gasteiger partial charge in [0.05, 0.1) is 33.4 Å². The zero-order valence-corrected chi connectivity index (χ0v) is 24.1. The van der Waals surface area contributed by atoms with Crippen molar-refractivity contribution in [1.29, 1.82) is 0 Å². The second-order valence-corrected chi connectivity index (χ2v) is 12.1. The summed E-state index contributed by atoms with van der Waals surface area (Å²) < 4.78 is 15.1. The largest absolute Gasteiger partial charge is 0.494 e. The first-order valence-electron chi connectivity index (χ1n) is 14.4. The van der Waals surface area contributed by atoms with Gasteiger partial charge in [0.1, 0.15) is 0 Å². The summed E-state index contributed by atoms with van der Waals surface area (Å²) in [6.07, 6.45) is 0. The Morgan fingerprint density at radius 3 is 2.10 bits per heavy atom. The van der Waals surface area contributed by atoms with E-state index >= 15 is 0 Å². The van der Waals surface area contributed by atoms with Crippen LogP contribution in [0.15, 0.2) is 109 Å². The fourth-order valence-corrected chi connectivity index (χ4v) is 6.13. The number of aromatic nitrogens is 3. The van der Waals surface area contributed by atoms with Gasteiger partial charge >= 0.3 is 7.12 Å². The van der Waals surface area contributed by atoms with Gasteiger partial charge in [0.25, 0.3) is 0 Å². The van der Waals surface area contributed by atoms with E-state index in [9.17, 15) is 0 Å². The molecule has 3 heterocycles. The van der Waals surface area contributed by atoms with Crippen LogP contribution in [0.5, 0.6) is 0 Å². The number of fused-ring (bicyclic) bond motifs is 6. The van der Waals surface area contributed by atoms with Crippen molar-refractivity contribution in [3.05, 3.63) is 109 Å². The highest BCUT2D eigenvalue weighted by molar-refractivity contribution is 6.62. The summed E-state index contributed by atoms with van der Waals surface area (Å²) in [6.45, 7) is 8.34. The smallest absolute Gasteiger partial charge is 0.399 e. The van der Waals surface area contributed by atoms with Crippen LogP contribution in [0.1, 0.15) is 27.7 Å². The molecule has 0 bridgehead atoms. The summed E-state index contributed by atoms with van der Waals surface area (Å²) in [7, 11) is -0.472. The number of nitrogens with zero attached hydrogens (tertiary/aromatic N) is 3. The van der Waals surface area contributed by atoms with Gasteiger partial charge in [-0.2, -0.15) is 0 Å². The van der Waals surface area contributed by atoms with Crippen molar-refractivity contribution in [2.24, 2.45) is 0 Å². The SMILES string of the molecule is CC1(C)OB(c2ccc3c4c5ccccc5ccc4n(-c4nc(-c5ccccc5)c5ccccc5n4)c3c2)OC1(C)C. The molecule has 1 aliphatic heterocycles. The van der Waals surface area contributed by atoms with Crippen molar-refractivity contribution in [2.45, 2.75) is 38.9 Å². The third-order valence-electron chi connectivity index (χ3n) is 9.04. The minimum atomic E-state index is -0.472.